The van der Waals surface area contributed by atoms with E-state index >= 15 is 0 Å². The molecule has 0 radical (unpaired) electrons. The van der Waals surface area contributed by atoms with Gasteiger partial charge in [0.1, 0.15) is 0 Å². The van der Waals surface area contributed by atoms with Gasteiger partial charge in [0.15, 0.2) is 0 Å². The molecule has 0 bridgehead atoms. The molecule has 0 unspecified atom stereocenters. The molecule has 18 heavy (non-hydrogen) atoms. The number of aliphatic hydroxyl groups excluding tert-OH is 1. The monoisotopic (exact) mass is 258 g/mol. The average molecular weight is 258 g/mol. The Labute approximate surface area is 107 Å². The van der Waals surface area contributed by atoms with E-state index in [1.54, 1.807) is 6.08 Å². The molecule has 0 aromatic carbocycles. The first kappa shape index (κ1) is 15.0. The Hall–Kier alpha value is -1.07. The van der Waals surface area contributed by atoms with Gasteiger partial charge >= 0.3 is 5.97 Å². The Bertz CT molecular complexity index is 298. The van der Waals surface area contributed by atoms with Crippen LogP contribution in [0, 0.1) is 11.8 Å². The standard InChI is InChI=1S/C13H22O5/c1-9(2)10-7-11(13(15)16)18-12(8-10)17-6-4-3-5-14/h7,9-10,12,14H,3-6,8H2,1-2H3,(H,15,16)/t10-,12+/m1/s1. The number of carboxylic acid groups (broad SMARTS) is 1. The number of allylic oxidation sites excluding steroid dienone is 1. The fourth-order valence-electron chi connectivity index (χ4n) is 1.83. The molecule has 0 amide bonds. The maximum atomic E-state index is 11.0. The largest absolute Gasteiger partial charge is 0.475 e. The molecule has 1 rings (SSSR count). The van der Waals surface area contributed by atoms with Crippen molar-refractivity contribution in [2.45, 2.75) is 39.4 Å². The lowest BCUT2D eigenvalue weighted by Gasteiger charge is -2.30. The highest BCUT2D eigenvalue weighted by Crippen LogP contribution is 2.28. The first-order valence-electron chi connectivity index (χ1n) is 6.38. The van der Waals surface area contributed by atoms with Crippen molar-refractivity contribution in [3.8, 4) is 0 Å². The van der Waals surface area contributed by atoms with Gasteiger partial charge in [0.05, 0.1) is 6.61 Å². The van der Waals surface area contributed by atoms with Crippen LogP contribution in [0.3, 0.4) is 0 Å². The number of rotatable bonds is 7. The first-order valence-corrected chi connectivity index (χ1v) is 6.38. The van der Waals surface area contributed by atoms with Crippen LogP contribution >= 0.6 is 0 Å². The topological polar surface area (TPSA) is 76.0 Å². The predicted octanol–water partition coefficient (Wildman–Crippen LogP) is 1.76. The van der Waals surface area contributed by atoms with E-state index in [4.69, 9.17) is 19.7 Å². The van der Waals surface area contributed by atoms with Crippen LogP contribution in [0.15, 0.2) is 11.8 Å². The van der Waals surface area contributed by atoms with Gasteiger partial charge in [-0.05, 0) is 30.8 Å². The van der Waals surface area contributed by atoms with Crippen molar-refractivity contribution in [2.75, 3.05) is 13.2 Å². The SMILES string of the molecule is CC(C)[C@@H]1C=C(C(=O)O)O[C@H](OCCCCO)C1. The van der Waals surface area contributed by atoms with E-state index in [-0.39, 0.29) is 18.3 Å². The summed E-state index contributed by atoms with van der Waals surface area (Å²) in [6.07, 6.45) is 3.28. The minimum absolute atomic E-state index is 0.0212. The minimum Gasteiger partial charge on any atom is -0.475 e. The number of carbonyl (C=O) groups is 1. The van der Waals surface area contributed by atoms with E-state index in [0.717, 1.165) is 6.42 Å². The molecule has 0 aliphatic carbocycles. The van der Waals surface area contributed by atoms with E-state index in [2.05, 4.69) is 13.8 Å². The zero-order valence-corrected chi connectivity index (χ0v) is 11.0. The lowest BCUT2D eigenvalue weighted by molar-refractivity contribution is -0.160. The van der Waals surface area contributed by atoms with Gasteiger partial charge in [0, 0.05) is 13.0 Å². The lowest BCUT2D eigenvalue weighted by atomic mass is 9.90. The Morgan fingerprint density at radius 1 is 1.56 bits per heavy atom. The number of aliphatic hydroxyl groups is 1. The van der Waals surface area contributed by atoms with Crippen LogP contribution in [-0.2, 0) is 14.3 Å². The van der Waals surface area contributed by atoms with Crippen LogP contribution < -0.4 is 0 Å². The van der Waals surface area contributed by atoms with Crippen molar-refractivity contribution >= 4 is 5.97 Å². The third-order valence-electron chi connectivity index (χ3n) is 3.01. The van der Waals surface area contributed by atoms with Gasteiger partial charge in [0.25, 0.3) is 0 Å². The highest BCUT2D eigenvalue weighted by atomic mass is 16.7. The molecule has 1 heterocycles. The van der Waals surface area contributed by atoms with E-state index in [0.29, 0.717) is 25.4 Å². The summed E-state index contributed by atoms with van der Waals surface area (Å²) >= 11 is 0. The highest BCUT2D eigenvalue weighted by molar-refractivity contribution is 5.84. The van der Waals surface area contributed by atoms with Crippen LogP contribution in [0.2, 0.25) is 0 Å². The first-order chi connectivity index (χ1) is 8.54. The van der Waals surface area contributed by atoms with Gasteiger partial charge < -0.3 is 19.7 Å². The second kappa shape index (κ2) is 7.38. The smallest absolute Gasteiger partial charge is 0.370 e. The Morgan fingerprint density at radius 3 is 2.83 bits per heavy atom. The summed E-state index contributed by atoms with van der Waals surface area (Å²) in [5.41, 5.74) is 0. The number of ether oxygens (including phenoxy) is 2. The Kier molecular flexibility index (Phi) is 6.15. The Morgan fingerprint density at radius 2 is 2.28 bits per heavy atom. The number of hydrogen-bond donors (Lipinski definition) is 2. The third-order valence-corrected chi connectivity index (χ3v) is 3.01. The molecule has 0 saturated carbocycles. The van der Waals surface area contributed by atoms with Crippen molar-refractivity contribution < 1.29 is 24.5 Å². The van der Waals surface area contributed by atoms with Crippen LogP contribution in [0.25, 0.3) is 0 Å². The summed E-state index contributed by atoms with van der Waals surface area (Å²) in [4.78, 5) is 11.0. The summed E-state index contributed by atoms with van der Waals surface area (Å²) in [5, 5.41) is 17.6. The van der Waals surface area contributed by atoms with Crippen molar-refractivity contribution in [3.05, 3.63) is 11.8 Å². The van der Waals surface area contributed by atoms with Crippen LogP contribution in [0.5, 0.6) is 0 Å². The molecule has 5 nitrogen and oxygen atoms in total. The normalized spacial score (nSPS) is 23.7. The summed E-state index contributed by atoms with van der Waals surface area (Å²) in [6.45, 7) is 4.72. The van der Waals surface area contributed by atoms with Gasteiger partial charge in [-0.2, -0.15) is 0 Å². The van der Waals surface area contributed by atoms with Crippen molar-refractivity contribution in [1.82, 2.24) is 0 Å². The summed E-state index contributed by atoms with van der Waals surface area (Å²) in [6, 6.07) is 0. The maximum Gasteiger partial charge on any atom is 0.370 e. The van der Waals surface area contributed by atoms with Crippen molar-refractivity contribution in [2.24, 2.45) is 11.8 Å². The summed E-state index contributed by atoms with van der Waals surface area (Å²) in [5.74, 6) is -0.559. The molecule has 0 fully saturated rings. The molecule has 1 aliphatic heterocycles. The highest BCUT2D eigenvalue weighted by Gasteiger charge is 2.28. The average Bonchev–Trinajstić information content (AvgIpc) is 2.34. The maximum absolute atomic E-state index is 11.0. The second-order valence-electron chi connectivity index (χ2n) is 4.83. The molecule has 0 saturated heterocycles. The molecule has 0 aromatic heterocycles. The van der Waals surface area contributed by atoms with Crippen LogP contribution in [-0.4, -0.2) is 35.7 Å². The lowest BCUT2D eigenvalue weighted by Crippen LogP contribution is -2.29. The fourth-order valence-corrected chi connectivity index (χ4v) is 1.83. The minimum atomic E-state index is -1.05. The zero-order valence-electron chi connectivity index (χ0n) is 11.0. The fraction of sp³-hybridized carbons (Fsp3) is 0.769. The number of aliphatic carboxylic acids is 1. The van der Waals surface area contributed by atoms with Gasteiger partial charge in [-0.15, -0.1) is 0 Å². The number of unbranched alkanes of at least 4 members (excludes halogenated alkanes) is 1. The zero-order chi connectivity index (χ0) is 13.5. The molecule has 0 aromatic rings. The third kappa shape index (κ3) is 4.66. The second-order valence-corrected chi connectivity index (χ2v) is 4.83. The van der Waals surface area contributed by atoms with Crippen molar-refractivity contribution in [1.29, 1.82) is 0 Å². The molecular weight excluding hydrogens is 236 g/mol. The van der Waals surface area contributed by atoms with Gasteiger partial charge in [-0.1, -0.05) is 13.8 Å². The molecule has 2 N–H and O–H groups in total. The van der Waals surface area contributed by atoms with Gasteiger partial charge in [-0.3, -0.25) is 0 Å². The number of carboxylic acids is 1. The van der Waals surface area contributed by atoms with Crippen LogP contribution in [0.1, 0.15) is 33.1 Å². The quantitative estimate of drug-likeness (QED) is 0.680. The van der Waals surface area contributed by atoms with Crippen LogP contribution in [0.4, 0.5) is 0 Å². The molecule has 104 valence electrons. The van der Waals surface area contributed by atoms with E-state index in [1.165, 1.54) is 0 Å². The number of hydrogen-bond acceptors (Lipinski definition) is 4. The molecule has 0 spiro atoms. The van der Waals surface area contributed by atoms with E-state index in [1.807, 2.05) is 0 Å². The van der Waals surface area contributed by atoms with Gasteiger partial charge in [0.2, 0.25) is 12.0 Å². The summed E-state index contributed by atoms with van der Waals surface area (Å²) in [7, 11) is 0. The van der Waals surface area contributed by atoms with Gasteiger partial charge in [-0.25, -0.2) is 4.79 Å². The molecule has 5 heteroatoms. The Balaban J connectivity index is 2.51. The molecule has 2 atom stereocenters. The van der Waals surface area contributed by atoms with Crippen molar-refractivity contribution in [3.63, 3.8) is 0 Å². The van der Waals surface area contributed by atoms with E-state index in [9.17, 15) is 4.79 Å². The predicted molar refractivity (Wildman–Crippen MR) is 65.8 cm³/mol. The molecular formula is C13H22O5. The van der Waals surface area contributed by atoms with E-state index < -0.39 is 12.3 Å². The molecule has 1 aliphatic rings. The summed E-state index contributed by atoms with van der Waals surface area (Å²) < 4.78 is 10.8.